The molecule has 0 bridgehead atoms. The molecule has 7 unspecified atom stereocenters. The molecular weight excluding hydrogens is 522 g/mol. The van der Waals surface area contributed by atoms with E-state index in [4.69, 9.17) is 9.84 Å². The van der Waals surface area contributed by atoms with Crippen LogP contribution in [-0.2, 0) is 16.0 Å². The topological polar surface area (TPSA) is 97.5 Å². The quantitative estimate of drug-likeness (QED) is 0.501. The Kier molecular flexibility index (Phi) is 6.57. The fourth-order valence-electron chi connectivity index (χ4n) is 9.58. The van der Waals surface area contributed by atoms with Gasteiger partial charge in [-0.05, 0) is 98.3 Å². The number of pyridine rings is 1. The Balaban J connectivity index is 1.14. The first-order valence-corrected chi connectivity index (χ1v) is 16.1. The van der Waals surface area contributed by atoms with E-state index in [0.29, 0.717) is 18.9 Å². The van der Waals surface area contributed by atoms with Gasteiger partial charge in [0.1, 0.15) is 5.60 Å². The second-order valence-corrected chi connectivity index (χ2v) is 14.4. The van der Waals surface area contributed by atoms with E-state index < -0.39 is 17.1 Å². The highest BCUT2D eigenvalue weighted by molar-refractivity contribution is 7.99. The Hall–Kier alpha value is -2.00. The van der Waals surface area contributed by atoms with Gasteiger partial charge in [0, 0.05) is 24.8 Å². The first-order chi connectivity index (χ1) is 19.2. The number of aromatic nitrogens is 3. The summed E-state index contributed by atoms with van der Waals surface area (Å²) in [7, 11) is 0. The monoisotopic (exact) mass is 563 g/mol. The molecule has 8 heteroatoms. The maximum Gasteiger partial charge on any atom is 0.175 e. The number of rotatable bonds is 5. The number of nitrogens with zero attached hydrogens (tertiary/aromatic N) is 3. The molecular formula is C32H41N3O4S. The normalized spacial score (nSPS) is 39.0. The zero-order chi connectivity index (χ0) is 27.7. The standard InChI is InChI=1S/C32H41N3O4S/c1-30-16-20-18-34-35(22-9-13-39-14-10-22)25(20)15-21(30)6-7-23-24-8-11-32(38,31(24,2)17-26(36)29(23)30)27(37)19-40-28-5-3-4-12-33-28/h3-5,12,15,18,22-24,26,29,36,38H,6-11,13-14,16-17,19H2,1-2H3. The Morgan fingerprint density at radius 2 is 2.02 bits per heavy atom. The summed E-state index contributed by atoms with van der Waals surface area (Å²) in [6, 6.07) is 6.06. The van der Waals surface area contributed by atoms with E-state index in [1.54, 1.807) is 6.20 Å². The predicted octanol–water partition coefficient (Wildman–Crippen LogP) is 4.88. The van der Waals surface area contributed by atoms with Crippen molar-refractivity contribution in [2.45, 2.75) is 88.0 Å². The molecule has 2 N–H and O–H groups in total. The van der Waals surface area contributed by atoms with Gasteiger partial charge in [0.25, 0.3) is 0 Å². The van der Waals surface area contributed by atoms with E-state index in [-0.39, 0.29) is 34.7 Å². The summed E-state index contributed by atoms with van der Waals surface area (Å²) in [5.74, 6) is 0.701. The molecule has 0 amide bonds. The summed E-state index contributed by atoms with van der Waals surface area (Å²) < 4.78 is 7.83. The van der Waals surface area contributed by atoms with Gasteiger partial charge in [-0.15, -0.1) is 0 Å². The van der Waals surface area contributed by atoms with Gasteiger partial charge in [0.05, 0.1) is 34.8 Å². The van der Waals surface area contributed by atoms with E-state index in [1.165, 1.54) is 28.6 Å². The molecule has 0 spiro atoms. The summed E-state index contributed by atoms with van der Waals surface area (Å²) >= 11 is 1.39. The van der Waals surface area contributed by atoms with Crippen LogP contribution in [0.2, 0.25) is 0 Å². The molecule has 214 valence electrons. The summed E-state index contributed by atoms with van der Waals surface area (Å²) in [6.45, 7) is 6.02. The molecule has 1 saturated heterocycles. The van der Waals surface area contributed by atoms with E-state index >= 15 is 0 Å². The number of ether oxygens (including phenoxy) is 1. The van der Waals surface area contributed by atoms with Crippen molar-refractivity contribution >= 4 is 23.6 Å². The van der Waals surface area contributed by atoms with Gasteiger partial charge in [-0.3, -0.25) is 9.48 Å². The summed E-state index contributed by atoms with van der Waals surface area (Å²) in [4.78, 5) is 17.9. The molecule has 0 aromatic carbocycles. The molecule has 40 heavy (non-hydrogen) atoms. The molecule has 2 aromatic rings. The molecule has 7 nitrogen and oxygen atoms in total. The highest BCUT2D eigenvalue weighted by Crippen LogP contribution is 2.67. The Morgan fingerprint density at radius 1 is 1.20 bits per heavy atom. The largest absolute Gasteiger partial charge is 0.393 e. The minimum atomic E-state index is -1.41. The van der Waals surface area contributed by atoms with Crippen molar-refractivity contribution in [3.63, 3.8) is 0 Å². The smallest absolute Gasteiger partial charge is 0.175 e. The first kappa shape index (κ1) is 26.9. The second kappa shape index (κ2) is 9.79. The Bertz CT molecular complexity index is 1320. The Labute approximate surface area is 240 Å². The second-order valence-electron chi connectivity index (χ2n) is 13.4. The van der Waals surface area contributed by atoms with E-state index in [2.05, 4.69) is 35.8 Å². The average Bonchev–Trinajstić information content (AvgIpc) is 3.48. The SMILES string of the molecule is CC12Cc3cnn(C4CCOCC4)c3C=C1CCC1C2C(O)CC2(C)C1CCC2(O)C(=O)CSc1ccccn1. The lowest BCUT2D eigenvalue weighted by Crippen LogP contribution is -2.62. The third kappa shape index (κ3) is 3.92. The number of aliphatic hydroxyl groups excluding tert-OH is 1. The fraction of sp³-hybridized carbons (Fsp3) is 0.656. The van der Waals surface area contributed by atoms with Gasteiger partial charge in [-0.1, -0.05) is 37.2 Å². The van der Waals surface area contributed by atoms with Crippen molar-refractivity contribution < 1.29 is 19.7 Å². The third-order valence-corrected chi connectivity index (χ3v) is 12.5. The number of Topliss-reactive ketones (excluding diaryl/α,β-unsaturated/α-hetero) is 1. The third-order valence-electron chi connectivity index (χ3n) is 11.6. The van der Waals surface area contributed by atoms with Crippen LogP contribution in [0.25, 0.3) is 6.08 Å². The van der Waals surface area contributed by atoms with Gasteiger partial charge in [0.15, 0.2) is 5.78 Å². The number of carbonyl (C=O) groups is 1. The average molecular weight is 564 g/mol. The van der Waals surface area contributed by atoms with Crippen molar-refractivity contribution in [1.29, 1.82) is 0 Å². The van der Waals surface area contributed by atoms with Crippen LogP contribution in [0, 0.1) is 28.6 Å². The fourth-order valence-corrected chi connectivity index (χ4v) is 10.4. The number of allylic oxidation sites excluding steroid dienone is 1. The number of fused-ring (bicyclic) bond motifs is 6. The van der Waals surface area contributed by atoms with Crippen LogP contribution in [0.5, 0.6) is 0 Å². The van der Waals surface area contributed by atoms with Gasteiger partial charge in [0.2, 0.25) is 0 Å². The predicted molar refractivity (Wildman–Crippen MR) is 154 cm³/mol. The molecule has 4 aliphatic carbocycles. The maximum absolute atomic E-state index is 13.6. The van der Waals surface area contributed by atoms with Crippen molar-refractivity contribution in [2.24, 2.45) is 28.6 Å². The highest BCUT2D eigenvalue weighted by atomic mass is 32.2. The highest BCUT2D eigenvalue weighted by Gasteiger charge is 2.68. The van der Waals surface area contributed by atoms with Crippen LogP contribution in [0.4, 0.5) is 0 Å². The number of aliphatic hydroxyl groups is 2. The number of hydrogen-bond donors (Lipinski definition) is 2. The summed E-state index contributed by atoms with van der Waals surface area (Å²) in [5.41, 5.74) is 1.80. The van der Waals surface area contributed by atoms with Crippen molar-refractivity contribution in [3.8, 4) is 0 Å². The number of thioether (sulfide) groups is 1. The van der Waals surface area contributed by atoms with Gasteiger partial charge in [-0.25, -0.2) is 4.98 Å². The maximum atomic E-state index is 13.6. The minimum Gasteiger partial charge on any atom is -0.393 e. The lowest BCUT2D eigenvalue weighted by atomic mass is 9.45. The van der Waals surface area contributed by atoms with Crippen molar-refractivity contribution in [1.82, 2.24) is 14.8 Å². The van der Waals surface area contributed by atoms with Gasteiger partial charge >= 0.3 is 0 Å². The Morgan fingerprint density at radius 3 is 2.80 bits per heavy atom. The molecule has 3 saturated carbocycles. The van der Waals surface area contributed by atoms with Crippen LogP contribution in [-0.4, -0.2) is 61.4 Å². The van der Waals surface area contributed by atoms with Crippen molar-refractivity contribution in [2.75, 3.05) is 19.0 Å². The summed E-state index contributed by atoms with van der Waals surface area (Å²) in [6.07, 6.45) is 12.3. The lowest BCUT2D eigenvalue weighted by molar-refractivity contribution is -0.177. The van der Waals surface area contributed by atoms with E-state index in [1.807, 2.05) is 18.2 Å². The van der Waals surface area contributed by atoms with E-state index in [9.17, 15) is 15.0 Å². The molecule has 3 heterocycles. The van der Waals surface area contributed by atoms with Gasteiger partial charge < -0.3 is 14.9 Å². The number of ketones is 1. The number of hydrogen-bond acceptors (Lipinski definition) is 7. The molecule has 5 aliphatic rings. The first-order valence-electron chi connectivity index (χ1n) is 15.1. The van der Waals surface area contributed by atoms with Crippen LogP contribution in [0.15, 0.2) is 41.2 Å². The zero-order valence-corrected chi connectivity index (χ0v) is 24.4. The van der Waals surface area contributed by atoms with E-state index in [0.717, 1.165) is 56.8 Å². The lowest BCUT2D eigenvalue weighted by Gasteiger charge is -2.60. The van der Waals surface area contributed by atoms with Crippen LogP contribution in [0.3, 0.4) is 0 Å². The molecule has 7 atom stereocenters. The molecule has 1 aliphatic heterocycles. The van der Waals surface area contributed by atoms with Crippen LogP contribution >= 0.6 is 11.8 Å². The molecule has 2 aromatic heterocycles. The molecule has 0 radical (unpaired) electrons. The number of carbonyl (C=O) groups excluding carboxylic acids is 1. The van der Waals surface area contributed by atoms with Crippen molar-refractivity contribution in [3.05, 3.63) is 47.4 Å². The summed E-state index contributed by atoms with van der Waals surface area (Å²) in [5, 5.41) is 29.6. The van der Waals surface area contributed by atoms with Crippen LogP contribution in [0.1, 0.15) is 76.1 Å². The molecule has 7 rings (SSSR count). The minimum absolute atomic E-state index is 0.116. The zero-order valence-electron chi connectivity index (χ0n) is 23.6. The van der Waals surface area contributed by atoms with Gasteiger partial charge in [-0.2, -0.15) is 5.10 Å². The van der Waals surface area contributed by atoms with Crippen LogP contribution < -0.4 is 0 Å². The molecule has 4 fully saturated rings.